The van der Waals surface area contributed by atoms with Crippen molar-refractivity contribution in [2.45, 2.75) is 6.92 Å². The summed E-state index contributed by atoms with van der Waals surface area (Å²) in [5.41, 5.74) is 3.13. The molecule has 2 rings (SSSR count). The third kappa shape index (κ3) is 3.74. The maximum atomic E-state index is 11.8. The molecule has 0 N–H and O–H groups in total. The number of hydrogen-bond acceptors (Lipinski definition) is 3. The minimum absolute atomic E-state index is 0.321. The Kier molecular flexibility index (Phi) is 5.58. The zero-order chi connectivity index (χ0) is 15.4. The van der Waals surface area contributed by atoms with E-state index in [9.17, 15) is 4.79 Å². The van der Waals surface area contributed by atoms with Crippen LogP contribution >= 0.6 is 45.2 Å². The molecule has 106 valence electrons. The number of nitriles is 1. The number of nitrogens with zero attached hydrogens (tertiary/aromatic N) is 1. The predicted molar refractivity (Wildman–Crippen MR) is 98.0 cm³/mol. The number of ether oxygens (including phenoxy) is 1. The molecule has 5 heteroatoms. The molecule has 0 heterocycles. The molecule has 0 atom stereocenters. The van der Waals surface area contributed by atoms with Gasteiger partial charge in [0.25, 0.3) is 0 Å². The van der Waals surface area contributed by atoms with E-state index in [0.29, 0.717) is 17.7 Å². The van der Waals surface area contributed by atoms with Gasteiger partial charge in [-0.3, -0.25) is 0 Å². The Labute approximate surface area is 150 Å². The van der Waals surface area contributed by atoms with Crippen LogP contribution in [0.5, 0.6) is 0 Å². The van der Waals surface area contributed by atoms with Crippen molar-refractivity contribution in [1.29, 1.82) is 5.26 Å². The third-order valence-electron chi connectivity index (χ3n) is 2.88. The molecule has 0 unspecified atom stereocenters. The van der Waals surface area contributed by atoms with E-state index in [-0.39, 0.29) is 5.97 Å². The predicted octanol–water partition coefficient (Wildman–Crippen LogP) is 4.61. The zero-order valence-corrected chi connectivity index (χ0v) is 15.5. The SMILES string of the molecule is CCOC(=O)c1ccc(I)c(-c2ccc(C#N)c(I)c2)c1. The Balaban J connectivity index is 2.48. The maximum Gasteiger partial charge on any atom is 0.338 e. The van der Waals surface area contributed by atoms with Crippen LogP contribution in [-0.4, -0.2) is 12.6 Å². The van der Waals surface area contributed by atoms with E-state index in [2.05, 4.69) is 51.3 Å². The summed E-state index contributed by atoms with van der Waals surface area (Å²) < 4.78 is 6.97. The molecule has 0 aliphatic carbocycles. The lowest BCUT2D eigenvalue weighted by Gasteiger charge is -2.09. The molecule has 0 radical (unpaired) electrons. The van der Waals surface area contributed by atoms with Crippen LogP contribution < -0.4 is 0 Å². The van der Waals surface area contributed by atoms with Gasteiger partial charge < -0.3 is 4.74 Å². The van der Waals surface area contributed by atoms with Crippen LogP contribution in [0.15, 0.2) is 36.4 Å². The first-order valence-electron chi connectivity index (χ1n) is 6.23. The number of rotatable bonds is 3. The van der Waals surface area contributed by atoms with Crippen LogP contribution in [-0.2, 0) is 4.74 Å². The Morgan fingerprint density at radius 2 is 1.95 bits per heavy atom. The average Bonchev–Trinajstić information content (AvgIpc) is 2.48. The summed E-state index contributed by atoms with van der Waals surface area (Å²) in [7, 11) is 0. The molecule has 0 aliphatic heterocycles. The quantitative estimate of drug-likeness (QED) is 0.455. The molecule has 21 heavy (non-hydrogen) atoms. The largest absolute Gasteiger partial charge is 0.462 e. The Bertz CT molecular complexity index is 736. The number of carbonyl (C=O) groups excluding carboxylic acids is 1. The Hall–Kier alpha value is -1.14. The monoisotopic (exact) mass is 503 g/mol. The summed E-state index contributed by atoms with van der Waals surface area (Å²) >= 11 is 4.38. The van der Waals surface area contributed by atoms with Crippen LogP contribution in [0.25, 0.3) is 11.1 Å². The molecule has 3 nitrogen and oxygen atoms in total. The van der Waals surface area contributed by atoms with Crippen molar-refractivity contribution in [1.82, 2.24) is 0 Å². The van der Waals surface area contributed by atoms with Crippen LogP contribution in [0.1, 0.15) is 22.8 Å². The van der Waals surface area contributed by atoms with E-state index >= 15 is 0 Å². The lowest BCUT2D eigenvalue weighted by atomic mass is 10.0. The number of benzene rings is 2. The standard InChI is InChI=1S/C16H11I2NO2/c1-2-21-16(20)11-5-6-14(17)13(7-11)10-3-4-12(9-19)15(18)8-10/h3-8H,2H2,1H3. The first-order chi connectivity index (χ1) is 10.1. The smallest absolute Gasteiger partial charge is 0.338 e. The fraction of sp³-hybridized carbons (Fsp3) is 0.125. The third-order valence-corrected chi connectivity index (χ3v) is 4.71. The first-order valence-corrected chi connectivity index (χ1v) is 8.39. The molecule has 2 aromatic rings. The molecular weight excluding hydrogens is 492 g/mol. The molecule has 0 bridgehead atoms. The molecule has 0 amide bonds. The van der Waals surface area contributed by atoms with E-state index in [1.807, 2.05) is 24.3 Å². The van der Waals surface area contributed by atoms with E-state index in [1.54, 1.807) is 19.1 Å². The summed E-state index contributed by atoms with van der Waals surface area (Å²) in [6.45, 7) is 2.14. The fourth-order valence-electron chi connectivity index (χ4n) is 1.86. The number of halogens is 2. The van der Waals surface area contributed by atoms with Gasteiger partial charge in [0, 0.05) is 7.14 Å². The van der Waals surface area contributed by atoms with Crippen molar-refractivity contribution >= 4 is 51.2 Å². The van der Waals surface area contributed by atoms with Crippen molar-refractivity contribution < 1.29 is 9.53 Å². The molecule has 0 aromatic heterocycles. The van der Waals surface area contributed by atoms with Gasteiger partial charge >= 0.3 is 5.97 Å². The second-order valence-electron chi connectivity index (χ2n) is 4.22. The van der Waals surface area contributed by atoms with Gasteiger partial charge in [-0.25, -0.2) is 4.79 Å². The normalized spacial score (nSPS) is 10.0. The van der Waals surface area contributed by atoms with Crippen LogP contribution in [0.3, 0.4) is 0 Å². The van der Waals surface area contributed by atoms with Crippen molar-refractivity contribution in [2.24, 2.45) is 0 Å². The second kappa shape index (κ2) is 7.22. The summed E-state index contributed by atoms with van der Waals surface area (Å²) in [5, 5.41) is 8.99. The van der Waals surface area contributed by atoms with Gasteiger partial charge in [0.1, 0.15) is 6.07 Å². The Morgan fingerprint density at radius 3 is 2.57 bits per heavy atom. The van der Waals surface area contributed by atoms with Gasteiger partial charge in [-0.1, -0.05) is 6.07 Å². The zero-order valence-electron chi connectivity index (χ0n) is 11.2. The highest BCUT2D eigenvalue weighted by molar-refractivity contribution is 14.1. The minimum atomic E-state index is -0.321. The van der Waals surface area contributed by atoms with Gasteiger partial charge in [0.2, 0.25) is 0 Å². The van der Waals surface area contributed by atoms with Gasteiger partial charge in [-0.2, -0.15) is 5.26 Å². The molecule has 0 aliphatic rings. The van der Waals surface area contributed by atoms with Gasteiger partial charge in [-0.15, -0.1) is 0 Å². The highest BCUT2D eigenvalue weighted by atomic mass is 127. The fourth-order valence-corrected chi connectivity index (χ4v) is 3.14. The highest BCUT2D eigenvalue weighted by Crippen LogP contribution is 2.29. The lowest BCUT2D eigenvalue weighted by Crippen LogP contribution is -2.05. The average molecular weight is 503 g/mol. The van der Waals surface area contributed by atoms with Crippen LogP contribution in [0.4, 0.5) is 0 Å². The number of esters is 1. The molecule has 0 saturated heterocycles. The summed E-state index contributed by atoms with van der Waals surface area (Å²) in [5.74, 6) is -0.321. The van der Waals surface area contributed by atoms with Crippen LogP contribution in [0.2, 0.25) is 0 Å². The second-order valence-corrected chi connectivity index (χ2v) is 6.55. The lowest BCUT2D eigenvalue weighted by molar-refractivity contribution is 0.0526. The number of hydrogen-bond donors (Lipinski definition) is 0. The van der Waals surface area contributed by atoms with Crippen LogP contribution in [0, 0.1) is 18.5 Å². The summed E-state index contributed by atoms with van der Waals surface area (Å²) in [4.78, 5) is 11.8. The van der Waals surface area contributed by atoms with E-state index < -0.39 is 0 Å². The first kappa shape index (κ1) is 16.2. The maximum absolute atomic E-state index is 11.8. The van der Waals surface area contributed by atoms with Crippen molar-refractivity contribution in [3.63, 3.8) is 0 Å². The summed E-state index contributed by atoms with van der Waals surface area (Å²) in [6.07, 6.45) is 0. The number of carbonyl (C=O) groups is 1. The topological polar surface area (TPSA) is 50.1 Å². The van der Waals surface area contributed by atoms with Gasteiger partial charge in [0.15, 0.2) is 0 Å². The molecular formula is C16H11I2NO2. The molecule has 0 saturated carbocycles. The van der Waals surface area contributed by atoms with E-state index in [4.69, 9.17) is 10.00 Å². The van der Waals surface area contributed by atoms with Crippen molar-refractivity contribution in [3.8, 4) is 17.2 Å². The Morgan fingerprint density at radius 1 is 1.19 bits per heavy atom. The van der Waals surface area contributed by atoms with E-state index in [1.165, 1.54) is 0 Å². The minimum Gasteiger partial charge on any atom is -0.462 e. The highest BCUT2D eigenvalue weighted by Gasteiger charge is 2.12. The van der Waals surface area contributed by atoms with E-state index in [0.717, 1.165) is 18.3 Å². The van der Waals surface area contributed by atoms with Crippen molar-refractivity contribution in [3.05, 3.63) is 54.7 Å². The molecule has 0 spiro atoms. The summed E-state index contributed by atoms with van der Waals surface area (Å²) in [6, 6.07) is 13.3. The van der Waals surface area contributed by atoms with Gasteiger partial charge in [-0.05, 0) is 93.6 Å². The van der Waals surface area contributed by atoms with Gasteiger partial charge in [0.05, 0.1) is 17.7 Å². The molecule has 2 aromatic carbocycles. The van der Waals surface area contributed by atoms with Crippen molar-refractivity contribution in [2.75, 3.05) is 6.61 Å². The molecule has 0 fully saturated rings.